The summed E-state index contributed by atoms with van der Waals surface area (Å²) in [6.07, 6.45) is 0. The normalized spacial score (nSPS) is 14.5. The number of carbonyl (C=O) groups excluding carboxylic acids is 1. The van der Waals surface area contributed by atoms with Crippen LogP contribution >= 0.6 is 0 Å². The predicted molar refractivity (Wildman–Crippen MR) is 134 cm³/mol. The zero-order chi connectivity index (χ0) is 24.3. The van der Waals surface area contributed by atoms with Crippen LogP contribution in [0.5, 0.6) is 11.5 Å². The molecule has 1 aliphatic rings. The summed E-state index contributed by atoms with van der Waals surface area (Å²) in [5, 5.41) is 4.81. The Hall–Kier alpha value is -3.72. The van der Waals surface area contributed by atoms with Crippen molar-refractivity contribution in [2.24, 2.45) is 0 Å². The molecule has 1 saturated heterocycles. The number of ether oxygens (including phenoxy) is 2. The van der Waals surface area contributed by atoms with Crippen molar-refractivity contribution in [3.8, 4) is 11.5 Å². The van der Waals surface area contributed by atoms with Gasteiger partial charge in [-0.1, -0.05) is 48.5 Å². The zero-order valence-electron chi connectivity index (χ0n) is 18.9. The average Bonchev–Trinajstić information content (AvgIpc) is 2.90. The number of carbonyl (C=O) groups is 1. The first kappa shape index (κ1) is 23.0. The van der Waals surface area contributed by atoms with E-state index in [2.05, 4.69) is 5.32 Å². The topological polar surface area (TPSA) is 84.9 Å². The highest BCUT2D eigenvalue weighted by atomic mass is 32.2. The molecule has 1 fully saturated rings. The van der Waals surface area contributed by atoms with Gasteiger partial charge in [-0.05, 0) is 53.2 Å². The number of hydrogen-bond acceptors (Lipinski definition) is 5. The van der Waals surface area contributed by atoms with Crippen LogP contribution in [-0.2, 0) is 14.8 Å². The molecule has 35 heavy (non-hydrogen) atoms. The molecule has 5 rings (SSSR count). The van der Waals surface area contributed by atoms with E-state index in [1.54, 1.807) is 30.3 Å². The molecule has 0 unspecified atom stereocenters. The molecule has 0 aromatic heterocycles. The summed E-state index contributed by atoms with van der Waals surface area (Å²) in [4.78, 5) is 13.3. The molecular formula is C27H24N2O5S. The Morgan fingerprint density at radius 2 is 1.54 bits per heavy atom. The standard InChI is InChI=1S/C27H24N2O5S/c30-27(22-11-10-20-6-4-5-7-21(20)18-22)28-25-19-24(35(31,32)29-14-16-33-17-15-29)12-13-26(25)34-23-8-2-1-3-9-23/h1-13,18-19H,14-17H2,(H,28,30). The number of morpholine rings is 1. The Kier molecular flexibility index (Phi) is 6.50. The van der Waals surface area contributed by atoms with Crippen LogP contribution in [0, 0.1) is 0 Å². The minimum Gasteiger partial charge on any atom is -0.455 e. The van der Waals surface area contributed by atoms with Gasteiger partial charge in [0.15, 0.2) is 5.75 Å². The van der Waals surface area contributed by atoms with Gasteiger partial charge in [0.2, 0.25) is 10.0 Å². The lowest BCUT2D eigenvalue weighted by atomic mass is 10.1. The number of benzene rings is 4. The largest absolute Gasteiger partial charge is 0.455 e. The first-order chi connectivity index (χ1) is 17.0. The molecule has 0 radical (unpaired) electrons. The number of nitrogens with zero attached hydrogens (tertiary/aromatic N) is 1. The molecule has 8 heteroatoms. The minimum absolute atomic E-state index is 0.0774. The number of rotatable bonds is 6. The fourth-order valence-electron chi connectivity index (χ4n) is 3.93. The second kappa shape index (κ2) is 9.87. The van der Waals surface area contributed by atoms with Gasteiger partial charge in [0.05, 0.1) is 23.8 Å². The predicted octanol–water partition coefficient (Wildman–Crippen LogP) is 4.91. The molecule has 1 amide bonds. The summed E-state index contributed by atoms with van der Waals surface area (Å²) in [6.45, 7) is 1.26. The van der Waals surface area contributed by atoms with Crippen molar-refractivity contribution in [1.82, 2.24) is 4.31 Å². The van der Waals surface area contributed by atoms with Gasteiger partial charge in [-0.3, -0.25) is 4.79 Å². The van der Waals surface area contributed by atoms with Gasteiger partial charge in [0.25, 0.3) is 5.91 Å². The Morgan fingerprint density at radius 1 is 0.829 bits per heavy atom. The van der Waals surface area contributed by atoms with Crippen LogP contribution in [0.1, 0.15) is 10.4 Å². The van der Waals surface area contributed by atoms with Gasteiger partial charge < -0.3 is 14.8 Å². The molecular weight excluding hydrogens is 464 g/mol. The SMILES string of the molecule is O=C(Nc1cc(S(=O)(=O)N2CCOCC2)ccc1Oc1ccccc1)c1ccc2ccccc2c1. The zero-order valence-corrected chi connectivity index (χ0v) is 19.7. The molecule has 178 valence electrons. The molecule has 0 atom stereocenters. The molecule has 0 saturated carbocycles. The lowest BCUT2D eigenvalue weighted by Gasteiger charge is -2.26. The fourth-order valence-corrected chi connectivity index (χ4v) is 5.37. The van der Waals surface area contributed by atoms with Gasteiger partial charge >= 0.3 is 0 Å². The van der Waals surface area contributed by atoms with Crippen LogP contribution in [0.25, 0.3) is 10.8 Å². The highest BCUT2D eigenvalue weighted by molar-refractivity contribution is 7.89. The minimum atomic E-state index is -3.76. The van der Waals surface area contributed by atoms with Crippen LogP contribution in [0.15, 0.2) is 95.9 Å². The lowest BCUT2D eigenvalue weighted by molar-refractivity contribution is 0.0730. The third-order valence-corrected chi connectivity index (χ3v) is 7.68. The number of hydrogen-bond donors (Lipinski definition) is 1. The third kappa shape index (κ3) is 5.05. The van der Waals surface area contributed by atoms with Crippen molar-refractivity contribution >= 4 is 32.4 Å². The van der Waals surface area contributed by atoms with Crippen molar-refractivity contribution < 1.29 is 22.7 Å². The van der Waals surface area contributed by atoms with Crippen LogP contribution in [0.4, 0.5) is 5.69 Å². The van der Waals surface area contributed by atoms with E-state index in [-0.39, 0.29) is 29.6 Å². The maximum absolute atomic E-state index is 13.2. The lowest BCUT2D eigenvalue weighted by Crippen LogP contribution is -2.40. The summed E-state index contributed by atoms with van der Waals surface area (Å²) in [5.74, 6) is 0.540. The van der Waals surface area contributed by atoms with Gasteiger partial charge in [0.1, 0.15) is 5.75 Å². The fraction of sp³-hybridized carbons (Fsp3) is 0.148. The van der Waals surface area contributed by atoms with Crippen molar-refractivity contribution in [2.75, 3.05) is 31.6 Å². The average molecular weight is 489 g/mol. The quantitative estimate of drug-likeness (QED) is 0.417. The smallest absolute Gasteiger partial charge is 0.255 e. The maximum Gasteiger partial charge on any atom is 0.255 e. The monoisotopic (exact) mass is 488 g/mol. The molecule has 4 aromatic carbocycles. The van der Waals surface area contributed by atoms with Crippen LogP contribution < -0.4 is 10.1 Å². The Labute approximate surface area is 204 Å². The van der Waals surface area contributed by atoms with Crippen molar-refractivity contribution in [2.45, 2.75) is 4.90 Å². The van der Waals surface area contributed by atoms with Crippen LogP contribution in [0.2, 0.25) is 0 Å². The highest BCUT2D eigenvalue weighted by Crippen LogP contribution is 2.33. The number of sulfonamides is 1. The van der Waals surface area contributed by atoms with Crippen LogP contribution in [-0.4, -0.2) is 44.9 Å². The van der Waals surface area contributed by atoms with E-state index in [0.29, 0.717) is 30.3 Å². The Balaban J connectivity index is 1.50. The van der Waals surface area contributed by atoms with E-state index in [1.807, 2.05) is 48.5 Å². The number of para-hydroxylation sites is 1. The molecule has 7 nitrogen and oxygen atoms in total. The van der Waals surface area contributed by atoms with E-state index in [1.165, 1.54) is 16.4 Å². The number of amides is 1. The summed E-state index contributed by atoms with van der Waals surface area (Å²) >= 11 is 0. The van der Waals surface area contributed by atoms with E-state index >= 15 is 0 Å². The molecule has 0 bridgehead atoms. The summed E-state index contributed by atoms with van der Waals surface area (Å²) in [5.41, 5.74) is 0.720. The van der Waals surface area contributed by atoms with Gasteiger partial charge in [-0.2, -0.15) is 4.31 Å². The first-order valence-electron chi connectivity index (χ1n) is 11.3. The van der Waals surface area contributed by atoms with Crippen molar-refractivity contribution in [3.05, 3.63) is 96.6 Å². The molecule has 0 aliphatic carbocycles. The highest BCUT2D eigenvalue weighted by Gasteiger charge is 2.27. The summed E-state index contributed by atoms with van der Waals surface area (Å²) in [6, 6.07) is 26.8. The molecule has 4 aromatic rings. The molecule has 1 heterocycles. The Morgan fingerprint density at radius 3 is 2.31 bits per heavy atom. The van der Waals surface area contributed by atoms with Gasteiger partial charge in [-0.25, -0.2) is 8.42 Å². The second-order valence-electron chi connectivity index (χ2n) is 8.11. The first-order valence-corrected chi connectivity index (χ1v) is 12.7. The molecule has 1 N–H and O–H groups in total. The van der Waals surface area contributed by atoms with E-state index < -0.39 is 10.0 Å². The van der Waals surface area contributed by atoms with Crippen LogP contribution in [0.3, 0.4) is 0 Å². The summed E-state index contributed by atoms with van der Waals surface area (Å²) in [7, 11) is -3.76. The van der Waals surface area contributed by atoms with Gasteiger partial charge in [-0.15, -0.1) is 0 Å². The molecule has 1 aliphatic heterocycles. The Bertz CT molecular complexity index is 1470. The number of anilines is 1. The van der Waals surface area contributed by atoms with E-state index in [9.17, 15) is 13.2 Å². The van der Waals surface area contributed by atoms with E-state index in [0.717, 1.165) is 10.8 Å². The molecule has 0 spiro atoms. The second-order valence-corrected chi connectivity index (χ2v) is 10.0. The third-order valence-electron chi connectivity index (χ3n) is 5.79. The number of fused-ring (bicyclic) bond motifs is 1. The van der Waals surface area contributed by atoms with Gasteiger partial charge in [0, 0.05) is 18.7 Å². The maximum atomic E-state index is 13.2. The summed E-state index contributed by atoms with van der Waals surface area (Å²) < 4.78 is 39.1. The van der Waals surface area contributed by atoms with Crippen molar-refractivity contribution in [3.63, 3.8) is 0 Å². The van der Waals surface area contributed by atoms with E-state index in [4.69, 9.17) is 9.47 Å². The number of nitrogens with one attached hydrogen (secondary N) is 1. The van der Waals surface area contributed by atoms with Crippen molar-refractivity contribution in [1.29, 1.82) is 0 Å².